The van der Waals surface area contributed by atoms with Crippen molar-refractivity contribution in [1.82, 2.24) is 4.90 Å². The lowest BCUT2D eigenvalue weighted by Gasteiger charge is -2.41. The number of fused-ring (bicyclic) bond motifs is 1. The molecule has 2 atom stereocenters. The third-order valence-corrected chi connectivity index (χ3v) is 7.19. The van der Waals surface area contributed by atoms with Crippen LogP contribution in [0.4, 0.5) is 0 Å². The lowest BCUT2D eigenvalue weighted by Crippen LogP contribution is -2.49. The minimum Gasteiger partial charge on any atom is -0.457 e. The Kier molecular flexibility index (Phi) is 7.74. The van der Waals surface area contributed by atoms with Crippen molar-refractivity contribution in [3.8, 4) is 11.3 Å². The van der Waals surface area contributed by atoms with Gasteiger partial charge in [0.05, 0.1) is 5.39 Å². The molecule has 0 bridgehead atoms. The summed E-state index contributed by atoms with van der Waals surface area (Å²) in [7, 11) is 0. The number of rotatable bonds is 4. The van der Waals surface area contributed by atoms with Gasteiger partial charge in [0, 0.05) is 17.2 Å². The molecule has 0 spiro atoms. The van der Waals surface area contributed by atoms with E-state index in [1.165, 1.54) is 25.7 Å². The fourth-order valence-electron chi connectivity index (χ4n) is 5.42. The zero-order chi connectivity index (χ0) is 22.8. The third-order valence-electron chi connectivity index (χ3n) is 7.19. The topological polar surface area (TPSA) is 59.8 Å². The van der Waals surface area contributed by atoms with Gasteiger partial charge in [-0.1, -0.05) is 49.2 Å². The quantitative estimate of drug-likeness (QED) is 0.418. The predicted molar refractivity (Wildman–Crippen MR) is 137 cm³/mol. The normalized spacial score (nSPS) is 21.1. The Morgan fingerprint density at radius 2 is 1.68 bits per heavy atom. The number of para-hydroxylation sites is 1. The summed E-state index contributed by atoms with van der Waals surface area (Å²) in [6.07, 6.45) is 7.80. The van der Waals surface area contributed by atoms with Crippen LogP contribution in [0.1, 0.15) is 60.9 Å². The van der Waals surface area contributed by atoms with Gasteiger partial charge in [-0.3, -0.25) is 9.69 Å². The molecule has 5 rings (SSSR count). The molecule has 0 radical (unpaired) electrons. The van der Waals surface area contributed by atoms with Crippen LogP contribution >= 0.6 is 12.4 Å². The Labute approximate surface area is 206 Å². The van der Waals surface area contributed by atoms with E-state index >= 15 is 0 Å². The minimum absolute atomic E-state index is 0. The molecule has 0 unspecified atom stereocenters. The van der Waals surface area contributed by atoms with E-state index in [0.717, 1.165) is 37.9 Å². The highest BCUT2D eigenvalue weighted by Crippen LogP contribution is 2.31. The molecule has 1 saturated heterocycles. The molecular weight excluding hydrogens is 450 g/mol. The summed E-state index contributed by atoms with van der Waals surface area (Å²) in [5.41, 5.74) is 1.87. The molecule has 1 aromatic heterocycles. The van der Waals surface area contributed by atoms with E-state index in [1.807, 2.05) is 30.3 Å². The molecule has 180 valence electrons. The molecule has 2 fully saturated rings. The van der Waals surface area contributed by atoms with Crippen LogP contribution < -0.4 is 5.43 Å². The summed E-state index contributed by atoms with van der Waals surface area (Å²) in [4.78, 5) is 29.0. The maximum atomic E-state index is 13.4. The number of hydrogen-bond acceptors (Lipinski definition) is 5. The average molecular weight is 482 g/mol. The molecule has 5 nitrogen and oxygen atoms in total. The summed E-state index contributed by atoms with van der Waals surface area (Å²) in [5.74, 6) is 0.0951. The molecule has 1 aliphatic carbocycles. The highest BCUT2D eigenvalue weighted by Gasteiger charge is 2.34. The van der Waals surface area contributed by atoms with Crippen LogP contribution in [-0.4, -0.2) is 36.1 Å². The second-order valence-corrected chi connectivity index (χ2v) is 9.33. The first-order chi connectivity index (χ1) is 16.1. The Hall–Kier alpha value is -2.63. The number of esters is 1. The maximum Gasteiger partial charge on any atom is 0.342 e. The van der Waals surface area contributed by atoms with Crippen LogP contribution in [0.3, 0.4) is 0 Å². The van der Waals surface area contributed by atoms with Crippen molar-refractivity contribution in [2.24, 2.45) is 0 Å². The van der Waals surface area contributed by atoms with E-state index < -0.39 is 5.97 Å². The molecule has 34 heavy (non-hydrogen) atoms. The standard InChI is InChI=1S/C28H31NO4.ClH/c1-19-25(30)21-13-10-14-22(27(21)33-26(19)20-11-4-2-5-12-20)28(31)32-24-16-7-6-15-23(24)29-17-8-3-9-18-29;/h2,4-5,10-14,23-24H,3,6-9,15-18H2,1H3;1H/t23-,24+;/m1./s1. The average Bonchev–Trinajstić information content (AvgIpc) is 2.87. The Morgan fingerprint density at radius 1 is 0.941 bits per heavy atom. The lowest BCUT2D eigenvalue weighted by molar-refractivity contribution is -0.0217. The van der Waals surface area contributed by atoms with E-state index in [-0.39, 0.29) is 30.0 Å². The molecule has 3 aromatic rings. The van der Waals surface area contributed by atoms with Crippen molar-refractivity contribution in [3.05, 3.63) is 69.9 Å². The van der Waals surface area contributed by atoms with E-state index in [0.29, 0.717) is 27.9 Å². The second-order valence-electron chi connectivity index (χ2n) is 9.33. The van der Waals surface area contributed by atoms with E-state index in [4.69, 9.17) is 9.15 Å². The number of benzene rings is 2. The summed E-state index contributed by atoms with van der Waals surface area (Å²) in [5, 5.41) is 0.415. The first-order valence-corrected chi connectivity index (χ1v) is 12.2. The smallest absolute Gasteiger partial charge is 0.342 e. The van der Waals surface area contributed by atoms with Gasteiger partial charge in [0.1, 0.15) is 17.4 Å². The van der Waals surface area contributed by atoms with E-state index in [1.54, 1.807) is 25.1 Å². The number of hydrogen-bond donors (Lipinski definition) is 0. The van der Waals surface area contributed by atoms with Gasteiger partial charge in [0.25, 0.3) is 0 Å². The highest BCUT2D eigenvalue weighted by molar-refractivity contribution is 6.02. The van der Waals surface area contributed by atoms with E-state index in [9.17, 15) is 9.59 Å². The molecule has 1 saturated carbocycles. The lowest BCUT2D eigenvalue weighted by atomic mass is 9.90. The number of ether oxygens (including phenoxy) is 1. The number of carbonyl (C=O) groups is 1. The van der Waals surface area contributed by atoms with E-state index in [2.05, 4.69) is 4.90 Å². The second kappa shape index (κ2) is 10.7. The van der Waals surface area contributed by atoms with Gasteiger partial charge >= 0.3 is 5.97 Å². The fraction of sp³-hybridized carbons (Fsp3) is 0.429. The maximum absolute atomic E-state index is 13.4. The summed E-state index contributed by atoms with van der Waals surface area (Å²) >= 11 is 0. The molecule has 2 aliphatic rings. The SMILES string of the molecule is Cc1c(-c2ccccc2)oc2c(C(=O)O[C@H]3CCCC[C@H]3N3CCCCC3)cccc2c1=O.Cl. The first-order valence-electron chi connectivity index (χ1n) is 12.2. The molecular formula is C28H32ClNO4. The Balaban J connectivity index is 0.00000274. The van der Waals surface area contributed by atoms with Gasteiger partial charge in [0.2, 0.25) is 0 Å². The minimum atomic E-state index is -0.402. The third kappa shape index (κ3) is 4.77. The van der Waals surface area contributed by atoms with Crippen molar-refractivity contribution in [3.63, 3.8) is 0 Å². The van der Waals surface area contributed by atoms with Crippen molar-refractivity contribution in [2.45, 2.75) is 64.0 Å². The van der Waals surface area contributed by atoms with Crippen LogP contribution in [0.25, 0.3) is 22.3 Å². The van der Waals surface area contributed by atoms with Gasteiger partial charge < -0.3 is 9.15 Å². The Bertz CT molecular complexity index is 1200. The van der Waals surface area contributed by atoms with Crippen molar-refractivity contribution < 1.29 is 13.9 Å². The van der Waals surface area contributed by atoms with Crippen LogP contribution in [0, 0.1) is 6.92 Å². The first kappa shape index (κ1) is 24.5. The summed E-state index contributed by atoms with van der Waals surface area (Å²) in [6, 6.07) is 15.0. The van der Waals surface area contributed by atoms with Gasteiger partial charge in [0.15, 0.2) is 11.0 Å². The van der Waals surface area contributed by atoms with Crippen LogP contribution in [0.2, 0.25) is 0 Å². The molecule has 0 N–H and O–H groups in total. The molecule has 2 aromatic carbocycles. The van der Waals surface area contributed by atoms with Gasteiger partial charge in [-0.25, -0.2) is 4.79 Å². The van der Waals surface area contributed by atoms with Gasteiger partial charge in [-0.05, 0) is 64.3 Å². The van der Waals surface area contributed by atoms with Crippen molar-refractivity contribution >= 4 is 29.3 Å². The molecule has 2 heterocycles. The highest BCUT2D eigenvalue weighted by atomic mass is 35.5. The van der Waals surface area contributed by atoms with Gasteiger partial charge in [-0.15, -0.1) is 12.4 Å². The predicted octanol–water partition coefficient (Wildman–Crippen LogP) is 6.14. The number of nitrogens with zero attached hydrogens (tertiary/aromatic N) is 1. The van der Waals surface area contributed by atoms with Crippen molar-refractivity contribution in [1.29, 1.82) is 0 Å². The van der Waals surface area contributed by atoms with Crippen LogP contribution in [-0.2, 0) is 4.74 Å². The number of halogens is 1. The fourth-order valence-corrected chi connectivity index (χ4v) is 5.42. The monoisotopic (exact) mass is 481 g/mol. The summed E-state index contributed by atoms with van der Waals surface area (Å²) < 4.78 is 12.4. The largest absolute Gasteiger partial charge is 0.457 e. The number of piperidine rings is 1. The molecule has 6 heteroatoms. The molecule has 0 amide bonds. The summed E-state index contributed by atoms with van der Waals surface area (Å²) in [6.45, 7) is 3.94. The number of carbonyl (C=O) groups excluding carboxylic acids is 1. The zero-order valence-electron chi connectivity index (χ0n) is 19.6. The molecule has 1 aliphatic heterocycles. The Morgan fingerprint density at radius 3 is 2.44 bits per heavy atom. The van der Waals surface area contributed by atoms with Gasteiger partial charge in [-0.2, -0.15) is 0 Å². The van der Waals surface area contributed by atoms with Crippen LogP contribution in [0.15, 0.2) is 57.7 Å². The number of likely N-dealkylation sites (tertiary alicyclic amines) is 1. The van der Waals surface area contributed by atoms with Crippen molar-refractivity contribution in [2.75, 3.05) is 13.1 Å². The van der Waals surface area contributed by atoms with Crippen LogP contribution in [0.5, 0.6) is 0 Å². The zero-order valence-corrected chi connectivity index (χ0v) is 20.4.